The number of carbonyl (C=O) groups excluding carboxylic acids is 2. The van der Waals surface area contributed by atoms with Gasteiger partial charge in [0.1, 0.15) is 12.4 Å². The van der Waals surface area contributed by atoms with E-state index in [0.717, 1.165) is 16.6 Å². The molecule has 1 N–H and O–H groups in total. The van der Waals surface area contributed by atoms with Crippen molar-refractivity contribution >= 4 is 22.8 Å². The van der Waals surface area contributed by atoms with E-state index in [4.69, 9.17) is 14.5 Å². The third-order valence-electron chi connectivity index (χ3n) is 6.08. The molecule has 2 aromatic carbocycles. The van der Waals surface area contributed by atoms with Crippen molar-refractivity contribution in [3.8, 4) is 11.5 Å². The van der Waals surface area contributed by atoms with E-state index in [9.17, 15) is 9.59 Å². The lowest BCUT2D eigenvalue weighted by Gasteiger charge is -2.27. The quantitative estimate of drug-likeness (QED) is 0.386. The lowest BCUT2D eigenvalue weighted by Crippen LogP contribution is -2.39. The molecule has 8 nitrogen and oxygen atoms in total. The van der Waals surface area contributed by atoms with Crippen molar-refractivity contribution in [2.45, 2.75) is 53.6 Å². The summed E-state index contributed by atoms with van der Waals surface area (Å²) >= 11 is 0. The number of methoxy groups -OCH3 is 2. The van der Waals surface area contributed by atoms with Gasteiger partial charge in [0, 0.05) is 13.1 Å². The molecule has 0 aliphatic carbocycles. The lowest BCUT2D eigenvalue weighted by atomic mass is 10.1. The van der Waals surface area contributed by atoms with Crippen LogP contribution in [-0.2, 0) is 22.6 Å². The van der Waals surface area contributed by atoms with E-state index in [1.54, 1.807) is 26.4 Å². The zero-order valence-electron chi connectivity index (χ0n) is 23.1. The highest BCUT2D eigenvalue weighted by Gasteiger charge is 2.23. The molecule has 200 valence electrons. The molecule has 1 heterocycles. The number of rotatable bonds is 12. The van der Waals surface area contributed by atoms with E-state index in [1.165, 1.54) is 0 Å². The number of benzene rings is 2. The first-order chi connectivity index (χ1) is 17.6. The zero-order valence-corrected chi connectivity index (χ0v) is 23.1. The van der Waals surface area contributed by atoms with E-state index in [0.29, 0.717) is 42.2 Å². The van der Waals surface area contributed by atoms with Crippen LogP contribution in [0, 0.1) is 11.8 Å². The average Bonchev–Trinajstić information content (AvgIpc) is 3.21. The predicted molar refractivity (Wildman–Crippen MR) is 146 cm³/mol. The summed E-state index contributed by atoms with van der Waals surface area (Å²) in [6.45, 7) is 12.0. The van der Waals surface area contributed by atoms with Crippen LogP contribution >= 0.6 is 0 Å². The third-order valence-corrected chi connectivity index (χ3v) is 6.08. The standard InChI is InChI=1S/C29H40N4O4/c1-19(2)16-32(17-20(3)4)28(35)18-33-24-11-9-8-10-23(24)31-29(33)21(5)30-27(34)15-22-12-13-25(36-6)26(14-22)37-7/h8-14,19-21H,15-18H2,1-7H3,(H,30,34). The number of carbonyl (C=O) groups is 2. The van der Waals surface area contributed by atoms with Crippen molar-refractivity contribution in [1.29, 1.82) is 0 Å². The molecular weight excluding hydrogens is 468 g/mol. The number of ether oxygens (including phenoxy) is 2. The van der Waals surface area contributed by atoms with E-state index in [2.05, 4.69) is 33.0 Å². The predicted octanol–water partition coefficient (Wildman–Crippen LogP) is 4.61. The maximum Gasteiger partial charge on any atom is 0.242 e. The van der Waals surface area contributed by atoms with Crippen LogP contribution in [0.5, 0.6) is 11.5 Å². The molecule has 3 rings (SSSR count). The number of aromatic nitrogens is 2. The van der Waals surface area contributed by atoms with Gasteiger partial charge in [-0.05, 0) is 48.6 Å². The number of nitrogens with one attached hydrogen (secondary N) is 1. The second-order valence-corrected chi connectivity index (χ2v) is 10.3. The van der Waals surface area contributed by atoms with Crippen LogP contribution < -0.4 is 14.8 Å². The highest BCUT2D eigenvalue weighted by Crippen LogP contribution is 2.28. The highest BCUT2D eigenvalue weighted by molar-refractivity contribution is 5.82. The molecule has 0 saturated carbocycles. The van der Waals surface area contributed by atoms with Gasteiger partial charge in [0.05, 0.1) is 37.7 Å². The van der Waals surface area contributed by atoms with Gasteiger partial charge < -0.3 is 24.3 Å². The second kappa shape index (κ2) is 12.6. The number of amides is 2. The Balaban J connectivity index is 1.82. The average molecular weight is 509 g/mol. The molecule has 0 saturated heterocycles. The molecule has 37 heavy (non-hydrogen) atoms. The van der Waals surface area contributed by atoms with Gasteiger partial charge in [-0.15, -0.1) is 0 Å². The van der Waals surface area contributed by atoms with E-state index >= 15 is 0 Å². The summed E-state index contributed by atoms with van der Waals surface area (Å²) in [5.74, 6) is 2.50. The van der Waals surface area contributed by atoms with Crippen molar-refractivity contribution in [2.75, 3.05) is 27.3 Å². The Morgan fingerprint density at radius 2 is 1.59 bits per heavy atom. The first-order valence-electron chi connectivity index (χ1n) is 12.9. The molecule has 0 radical (unpaired) electrons. The number of nitrogens with zero attached hydrogens (tertiary/aromatic N) is 3. The largest absolute Gasteiger partial charge is 0.493 e. The van der Waals surface area contributed by atoms with Crippen LogP contribution in [0.1, 0.15) is 52.0 Å². The second-order valence-electron chi connectivity index (χ2n) is 10.3. The van der Waals surface area contributed by atoms with Crippen LogP contribution in [0.3, 0.4) is 0 Å². The first kappa shape index (κ1) is 28.0. The fraction of sp³-hybridized carbons (Fsp3) is 0.483. The number of hydrogen-bond acceptors (Lipinski definition) is 5. The summed E-state index contributed by atoms with van der Waals surface area (Å²) in [6.07, 6.45) is 0.181. The van der Waals surface area contributed by atoms with Crippen molar-refractivity contribution < 1.29 is 19.1 Å². The van der Waals surface area contributed by atoms with Crippen LogP contribution in [0.25, 0.3) is 11.0 Å². The van der Waals surface area contributed by atoms with Gasteiger partial charge in [-0.25, -0.2) is 4.98 Å². The summed E-state index contributed by atoms with van der Waals surface area (Å²) in [4.78, 5) is 33.1. The number of imidazole rings is 1. The van der Waals surface area contributed by atoms with Crippen molar-refractivity contribution in [2.24, 2.45) is 11.8 Å². The SMILES string of the molecule is COc1ccc(CC(=O)NC(C)c2nc3ccccc3n2CC(=O)N(CC(C)C)CC(C)C)cc1OC. The minimum absolute atomic E-state index is 0.0515. The molecule has 2 amide bonds. The fourth-order valence-electron chi connectivity index (χ4n) is 4.52. The Morgan fingerprint density at radius 1 is 0.946 bits per heavy atom. The Hall–Kier alpha value is -3.55. The summed E-state index contributed by atoms with van der Waals surface area (Å²) in [5.41, 5.74) is 2.48. The molecule has 8 heteroatoms. The Morgan fingerprint density at radius 3 is 2.22 bits per heavy atom. The third kappa shape index (κ3) is 7.24. The van der Waals surface area contributed by atoms with E-state index < -0.39 is 6.04 Å². The molecular formula is C29H40N4O4. The molecule has 0 fully saturated rings. The Bertz CT molecular complexity index is 1210. The summed E-state index contributed by atoms with van der Waals surface area (Å²) in [5, 5.41) is 3.06. The fourth-order valence-corrected chi connectivity index (χ4v) is 4.52. The minimum Gasteiger partial charge on any atom is -0.493 e. The van der Waals surface area contributed by atoms with Gasteiger partial charge in [-0.2, -0.15) is 0 Å². The molecule has 0 aliphatic rings. The van der Waals surface area contributed by atoms with Crippen LogP contribution in [0.4, 0.5) is 0 Å². The van der Waals surface area contributed by atoms with Crippen LogP contribution in [-0.4, -0.2) is 53.6 Å². The molecule has 1 atom stereocenters. The van der Waals surface area contributed by atoms with Crippen molar-refractivity contribution in [3.63, 3.8) is 0 Å². The summed E-state index contributed by atoms with van der Waals surface area (Å²) in [7, 11) is 3.15. The Kier molecular flexibility index (Phi) is 9.55. The van der Waals surface area contributed by atoms with Crippen molar-refractivity contribution in [1.82, 2.24) is 19.8 Å². The minimum atomic E-state index is -0.392. The molecule has 1 unspecified atom stereocenters. The topological polar surface area (TPSA) is 85.7 Å². The van der Waals surface area contributed by atoms with Crippen molar-refractivity contribution in [3.05, 3.63) is 53.9 Å². The Labute approximate surface area is 220 Å². The first-order valence-corrected chi connectivity index (χ1v) is 12.9. The number of hydrogen-bond donors (Lipinski definition) is 1. The number of fused-ring (bicyclic) bond motifs is 1. The van der Waals surface area contributed by atoms with Gasteiger partial charge in [-0.3, -0.25) is 9.59 Å². The molecule has 0 aliphatic heterocycles. The number of para-hydroxylation sites is 2. The molecule has 0 bridgehead atoms. The maximum atomic E-state index is 13.4. The monoisotopic (exact) mass is 508 g/mol. The summed E-state index contributed by atoms with van der Waals surface area (Å²) in [6, 6.07) is 12.8. The normalized spacial score (nSPS) is 12.1. The van der Waals surface area contributed by atoms with Gasteiger partial charge in [0.15, 0.2) is 11.5 Å². The zero-order chi connectivity index (χ0) is 27.1. The van der Waals surface area contributed by atoms with Gasteiger partial charge in [0.25, 0.3) is 0 Å². The van der Waals surface area contributed by atoms with Gasteiger partial charge in [0.2, 0.25) is 11.8 Å². The molecule has 0 spiro atoms. The lowest BCUT2D eigenvalue weighted by molar-refractivity contribution is -0.132. The van der Waals surface area contributed by atoms with Gasteiger partial charge >= 0.3 is 0 Å². The van der Waals surface area contributed by atoms with Gasteiger partial charge in [-0.1, -0.05) is 45.9 Å². The van der Waals surface area contributed by atoms with Crippen LogP contribution in [0.2, 0.25) is 0 Å². The van der Waals surface area contributed by atoms with E-state index in [-0.39, 0.29) is 24.8 Å². The van der Waals surface area contributed by atoms with E-state index in [1.807, 2.05) is 46.7 Å². The molecule has 1 aromatic heterocycles. The molecule has 3 aromatic rings. The van der Waals surface area contributed by atoms with Crippen LogP contribution in [0.15, 0.2) is 42.5 Å². The smallest absolute Gasteiger partial charge is 0.242 e. The summed E-state index contributed by atoms with van der Waals surface area (Å²) < 4.78 is 12.6. The maximum absolute atomic E-state index is 13.4. The highest BCUT2D eigenvalue weighted by atomic mass is 16.5.